The average molecular weight is 208 g/mol. The Morgan fingerprint density at radius 2 is 2.00 bits per heavy atom. The number of methoxy groups -OCH3 is 1. The van der Waals surface area contributed by atoms with Crippen molar-refractivity contribution in [2.45, 2.75) is 33.3 Å². The van der Waals surface area contributed by atoms with Crippen molar-refractivity contribution in [2.75, 3.05) is 13.7 Å². The number of ether oxygens (including phenoxy) is 2. The third-order valence-corrected chi connectivity index (χ3v) is 2.40. The molecule has 0 aliphatic rings. The summed E-state index contributed by atoms with van der Waals surface area (Å²) in [5.74, 6) is 0.985. The van der Waals surface area contributed by atoms with Gasteiger partial charge in [-0.1, -0.05) is 12.1 Å². The van der Waals surface area contributed by atoms with E-state index < -0.39 is 0 Å². The van der Waals surface area contributed by atoms with E-state index >= 15 is 0 Å². The molecule has 1 aromatic carbocycles. The summed E-state index contributed by atoms with van der Waals surface area (Å²) in [6.45, 7) is 6.96. The second-order valence-electron chi connectivity index (χ2n) is 3.98. The first-order valence-electron chi connectivity index (χ1n) is 5.36. The van der Waals surface area contributed by atoms with E-state index in [2.05, 4.69) is 39.0 Å². The Hall–Kier alpha value is -1.02. The maximum Gasteiger partial charge on any atom is 0.122 e. The van der Waals surface area contributed by atoms with E-state index in [1.165, 1.54) is 11.1 Å². The van der Waals surface area contributed by atoms with Crippen molar-refractivity contribution in [3.63, 3.8) is 0 Å². The molecule has 84 valence electrons. The second-order valence-corrected chi connectivity index (χ2v) is 3.98. The van der Waals surface area contributed by atoms with Crippen molar-refractivity contribution in [1.29, 1.82) is 0 Å². The molecule has 0 heterocycles. The quantitative estimate of drug-likeness (QED) is 0.740. The maximum absolute atomic E-state index is 5.85. The van der Waals surface area contributed by atoms with E-state index in [0.29, 0.717) is 0 Å². The van der Waals surface area contributed by atoms with E-state index in [-0.39, 0.29) is 6.10 Å². The predicted molar refractivity (Wildman–Crippen MR) is 62.5 cm³/mol. The normalized spacial score (nSPS) is 12.5. The first-order chi connectivity index (χ1) is 7.13. The molecule has 0 aliphatic carbocycles. The van der Waals surface area contributed by atoms with Crippen molar-refractivity contribution in [2.24, 2.45) is 0 Å². The van der Waals surface area contributed by atoms with Gasteiger partial charge in [-0.15, -0.1) is 0 Å². The van der Waals surface area contributed by atoms with Gasteiger partial charge in [0.15, 0.2) is 0 Å². The summed E-state index contributed by atoms with van der Waals surface area (Å²) < 4.78 is 10.9. The Kier molecular flexibility index (Phi) is 4.63. The number of rotatable bonds is 5. The number of benzene rings is 1. The first kappa shape index (κ1) is 12.1. The topological polar surface area (TPSA) is 18.5 Å². The summed E-state index contributed by atoms with van der Waals surface area (Å²) in [5.41, 5.74) is 2.42. The zero-order valence-corrected chi connectivity index (χ0v) is 10.0. The van der Waals surface area contributed by atoms with Crippen LogP contribution in [-0.4, -0.2) is 19.8 Å². The van der Waals surface area contributed by atoms with E-state index in [4.69, 9.17) is 9.47 Å². The molecule has 0 saturated heterocycles. The Morgan fingerprint density at radius 3 is 2.67 bits per heavy atom. The minimum Gasteiger partial charge on any atom is -0.490 e. The number of hydrogen-bond acceptors (Lipinski definition) is 2. The molecule has 2 heteroatoms. The summed E-state index contributed by atoms with van der Waals surface area (Å²) in [5, 5.41) is 0. The minimum atomic E-state index is 0.199. The van der Waals surface area contributed by atoms with Crippen LogP contribution in [-0.2, 0) is 4.74 Å². The zero-order valence-electron chi connectivity index (χ0n) is 10.0. The molecule has 0 aromatic heterocycles. The largest absolute Gasteiger partial charge is 0.490 e. The molecule has 0 N–H and O–H groups in total. The minimum absolute atomic E-state index is 0.199. The molecule has 0 bridgehead atoms. The fraction of sp³-hybridized carbons (Fsp3) is 0.538. The molecule has 0 fully saturated rings. The molecule has 1 aromatic rings. The summed E-state index contributed by atoms with van der Waals surface area (Å²) in [6.07, 6.45) is 1.12. The van der Waals surface area contributed by atoms with Crippen LogP contribution < -0.4 is 4.74 Å². The van der Waals surface area contributed by atoms with Gasteiger partial charge in [0.2, 0.25) is 0 Å². The fourth-order valence-corrected chi connectivity index (χ4v) is 1.39. The molecule has 0 amide bonds. The SMILES string of the molecule is COCCC(C)Oc1cc(C)ccc1C. The standard InChI is InChI=1S/C13H20O2/c1-10-5-6-11(2)13(9-10)15-12(3)7-8-14-4/h5-6,9,12H,7-8H2,1-4H3. The highest BCUT2D eigenvalue weighted by Gasteiger charge is 2.06. The summed E-state index contributed by atoms with van der Waals surface area (Å²) in [6, 6.07) is 6.27. The first-order valence-corrected chi connectivity index (χ1v) is 5.36. The monoisotopic (exact) mass is 208 g/mol. The third kappa shape index (κ3) is 3.92. The summed E-state index contributed by atoms with van der Waals surface area (Å²) in [4.78, 5) is 0. The second kappa shape index (κ2) is 5.76. The van der Waals surface area contributed by atoms with Gasteiger partial charge in [0.05, 0.1) is 6.10 Å². The zero-order chi connectivity index (χ0) is 11.3. The van der Waals surface area contributed by atoms with Crippen LogP contribution in [0.4, 0.5) is 0 Å². The van der Waals surface area contributed by atoms with Crippen molar-refractivity contribution in [1.82, 2.24) is 0 Å². The van der Waals surface area contributed by atoms with Gasteiger partial charge in [-0.05, 0) is 38.0 Å². The van der Waals surface area contributed by atoms with Crippen LogP contribution in [0, 0.1) is 13.8 Å². The van der Waals surface area contributed by atoms with Gasteiger partial charge in [-0.25, -0.2) is 0 Å². The van der Waals surface area contributed by atoms with Crippen molar-refractivity contribution in [3.05, 3.63) is 29.3 Å². The van der Waals surface area contributed by atoms with Gasteiger partial charge in [0, 0.05) is 20.1 Å². The van der Waals surface area contributed by atoms with Crippen molar-refractivity contribution >= 4 is 0 Å². The van der Waals surface area contributed by atoms with Crippen molar-refractivity contribution < 1.29 is 9.47 Å². The molecule has 1 unspecified atom stereocenters. The van der Waals surface area contributed by atoms with Crippen molar-refractivity contribution in [3.8, 4) is 5.75 Å². The molecule has 2 nitrogen and oxygen atoms in total. The Bertz CT molecular complexity index is 307. The lowest BCUT2D eigenvalue weighted by Gasteiger charge is -2.16. The molecule has 1 rings (SSSR count). The average Bonchev–Trinajstić information content (AvgIpc) is 2.20. The molecular weight excluding hydrogens is 188 g/mol. The van der Waals surface area contributed by atoms with E-state index in [1.807, 2.05) is 0 Å². The predicted octanol–water partition coefficient (Wildman–Crippen LogP) is 3.11. The third-order valence-electron chi connectivity index (χ3n) is 2.40. The van der Waals surface area contributed by atoms with Gasteiger partial charge < -0.3 is 9.47 Å². The lowest BCUT2D eigenvalue weighted by molar-refractivity contribution is 0.134. The van der Waals surface area contributed by atoms with E-state index in [0.717, 1.165) is 18.8 Å². The van der Waals surface area contributed by atoms with Crippen LogP contribution in [0.25, 0.3) is 0 Å². The fourth-order valence-electron chi connectivity index (χ4n) is 1.39. The lowest BCUT2D eigenvalue weighted by Crippen LogP contribution is -2.14. The van der Waals surface area contributed by atoms with Gasteiger partial charge in [-0.3, -0.25) is 0 Å². The number of hydrogen-bond donors (Lipinski definition) is 0. The molecule has 0 aliphatic heterocycles. The Labute approximate surface area is 92.2 Å². The summed E-state index contributed by atoms with van der Waals surface area (Å²) in [7, 11) is 1.71. The summed E-state index contributed by atoms with van der Waals surface area (Å²) >= 11 is 0. The van der Waals surface area contributed by atoms with Crippen LogP contribution in [0.1, 0.15) is 24.5 Å². The highest BCUT2D eigenvalue weighted by molar-refractivity contribution is 5.36. The van der Waals surface area contributed by atoms with Gasteiger partial charge in [-0.2, -0.15) is 0 Å². The van der Waals surface area contributed by atoms with Crippen LogP contribution >= 0.6 is 0 Å². The Balaban J connectivity index is 2.59. The number of aryl methyl sites for hydroxylation is 2. The van der Waals surface area contributed by atoms with Crippen LogP contribution in [0.3, 0.4) is 0 Å². The molecule has 0 saturated carbocycles. The van der Waals surface area contributed by atoms with Gasteiger partial charge >= 0.3 is 0 Å². The van der Waals surface area contributed by atoms with Crippen LogP contribution in [0.5, 0.6) is 5.75 Å². The van der Waals surface area contributed by atoms with Crippen LogP contribution in [0.15, 0.2) is 18.2 Å². The van der Waals surface area contributed by atoms with Crippen LogP contribution in [0.2, 0.25) is 0 Å². The van der Waals surface area contributed by atoms with Gasteiger partial charge in [0.25, 0.3) is 0 Å². The molecule has 15 heavy (non-hydrogen) atoms. The molecule has 1 atom stereocenters. The smallest absolute Gasteiger partial charge is 0.122 e. The maximum atomic E-state index is 5.85. The lowest BCUT2D eigenvalue weighted by atomic mass is 10.1. The van der Waals surface area contributed by atoms with E-state index in [1.54, 1.807) is 7.11 Å². The highest BCUT2D eigenvalue weighted by Crippen LogP contribution is 2.20. The molecule has 0 radical (unpaired) electrons. The highest BCUT2D eigenvalue weighted by atomic mass is 16.5. The Morgan fingerprint density at radius 1 is 1.27 bits per heavy atom. The van der Waals surface area contributed by atoms with Gasteiger partial charge in [0.1, 0.15) is 5.75 Å². The van der Waals surface area contributed by atoms with E-state index in [9.17, 15) is 0 Å². The molecule has 0 spiro atoms. The molecular formula is C13H20O2.